The first-order valence-electron chi connectivity index (χ1n) is 27.4. The van der Waals surface area contributed by atoms with Gasteiger partial charge in [0.2, 0.25) is 0 Å². The predicted molar refractivity (Wildman–Crippen MR) is 288 cm³/mol. The highest BCUT2D eigenvalue weighted by molar-refractivity contribution is 5.70. The van der Waals surface area contributed by atoms with Crippen LogP contribution in [0.2, 0.25) is 0 Å². The van der Waals surface area contributed by atoms with Crippen LogP contribution >= 0.6 is 0 Å². The Hall–Kier alpha value is -3.44. The molecule has 0 amide bonds. The quantitative estimate of drug-likeness (QED) is 0.0374. The van der Waals surface area contributed by atoms with Crippen LogP contribution in [0.5, 0.6) is 0 Å². The highest BCUT2D eigenvalue weighted by atomic mass is 16.6. The summed E-state index contributed by atoms with van der Waals surface area (Å²) in [6.45, 7) is 4.02. The molecule has 0 bridgehead atoms. The van der Waals surface area contributed by atoms with Gasteiger partial charge in [-0.3, -0.25) is 9.59 Å². The van der Waals surface area contributed by atoms with Crippen LogP contribution in [0.25, 0.3) is 0 Å². The highest BCUT2D eigenvalue weighted by Crippen LogP contribution is 2.16. The van der Waals surface area contributed by atoms with Gasteiger partial charge in [-0.1, -0.05) is 258 Å². The second-order valence-electron chi connectivity index (χ2n) is 17.9. The molecule has 66 heavy (non-hydrogen) atoms. The van der Waals surface area contributed by atoms with Crippen molar-refractivity contribution in [3.63, 3.8) is 0 Å². The van der Waals surface area contributed by atoms with Crippen LogP contribution < -0.4 is 0 Å². The summed E-state index contributed by atoms with van der Waals surface area (Å²) in [5, 5.41) is 9.64. The van der Waals surface area contributed by atoms with Gasteiger partial charge in [0.25, 0.3) is 0 Å². The molecule has 1 atom stereocenters. The molecular weight excluding hydrogens is 813 g/mol. The molecule has 5 nitrogen and oxygen atoms in total. The maximum absolute atomic E-state index is 12.3. The van der Waals surface area contributed by atoms with Crippen molar-refractivity contribution in [1.29, 1.82) is 0 Å². The van der Waals surface area contributed by atoms with Crippen LogP contribution in [0.3, 0.4) is 0 Å². The zero-order valence-electron chi connectivity index (χ0n) is 42.9. The first kappa shape index (κ1) is 62.6. The van der Waals surface area contributed by atoms with E-state index in [2.05, 4.69) is 123 Å². The summed E-state index contributed by atoms with van der Waals surface area (Å²) in [4.78, 5) is 24.5. The van der Waals surface area contributed by atoms with Crippen molar-refractivity contribution in [2.24, 2.45) is 0 Å². The third-order valence-corrected chi connectivity index (χ3v) is 11.6. The average Bonchev–Trinajstić information content (AvgIpc) is 3.32. The maximum atomic E-state index is 12.3. The van der Waals surface area contributed by atoms with Crippen LogP contribution in [0, 0.1) is 0 Å². The Bertz CT molecular complexity index is 1310. The van der Waals surface area contributed by atoms with Gasteiger partial charge in [0.1, 0.15) is 6.61 Å². The minimum absolute atomic E-state index is 0.0832. The number of unbranched alkanes of at least 4 members (excludes halogenated alkanes) is 23. The zero-order chi connectivity index (χ0) is 47.7. The van der Waals surface area contributed by atoms with Crippen molar-refractivity contribution in [1.82, 2.24) is 0 Å². The van der Waals surface area contributed by atoms with Crippen molar-refractivity contribution in [2.45, 2.75) is 251 Å². The lowest BCUT2D eigenvalue weighted by atomic mass is 10.0. The molecule has 0 radical (unpaired) electrons. The standard InChI is InChI=1S/C61H102O5/c1-3-5-7-9-11-13-15-17-19-21-23-25-26-27-28-29-30-31-32-33-34-36-38-40-42-44-46-48-50-52-54-56-61(64)66-59(57-62)58-65-60(63)55-53-51-49-47-45-43-41-39-37-35-24-22-20-18-16-14-12-10-8-6-4-2/h5,7,11,13,17,19,23,25,27-28,30-31,33-34,38,40,44,46,59,62H,3-4,6,8-10,12,14-16,18,20-22,24,26,29,32,35-37,39,41-43,45,47-58H2,1-2H3/b7-5-,13-11-,19-17-,25-23-,28-27-,31-30-,34-33-,40-38-,46-44-. The molecule has 0 aliphatic carbocycles. The molecule has 0 aliphatic rings. The van der Waals surface area contributed by atoms with Gasteiger partial charge in [-0.05, 0) is 83.5 Å². The molecule has 1 unspecified atom stereocenters. The van der Waals surface area contributed by atoms with Gasteiger partial charge < -0.3 is 14.6 Å². The van der Waals surface area contributed by atoms with E-state index < -0.39 is 6.10 Å². The Labute approximate surface area is 408 Å². The summed E-state index contributed by atoms with van der Waals surface area (Å²) in [5.41, 5.74) is 0. The third-order valence-electron chi connectivity index (χ3n) is 11.6. The number of rotatable bonds is 49. The van der Waals surface area contributed by atoms with E-state index in [9.17, 15) is 14.7 Å². The zero-order valence-corrected chi connectivity index (χ0v) is 42.9. The van der Waals surface area contributed by atoms with Crippen LogP contribution in [0.15, 0.2) is 109 Å². The number of allylic oxidation sites excluding steroid dienone is 18. The summed E-state index contributed by atoms with van der Waals surface area (Å²) in [6, 6.07) is 0. The van der Waals surface area contributed by atoms with Crippen LogP contribution in [0.4, 0.5) is 0 Å². The molecule has 5 heteroatoms. The Morgan fingerprint density at radius 1 is 0.364 bits per heavy atom. The molecule has 1 N–H and O–H groups in total. The van der Waals surface area contributed by atoms with Gasteiger partial charge in [0.05, 0.1) is 6.61 Å². The van der Waals surface area contributed by atoms with E-state index >= 15 is 0 Å². The van der Waals surface area contributed by atoms with Crippen LogP contribution in [-0.4, -0.2) is 36.4 Å². The van der Waals surface area contributed by atoms with Gasteiger partial charge >= 0.3 is 11.9 Å². The second kappa shape index (κ2) is 55.9. The fourth-order valence-corrected chi connectivity index (χ4v) is 7.49. The molecule has 0 aromatic rings. The number of hydrogen-bond acceptors (Lipinski definition) is 5. The van der Waals surface area contributed by atoms with E-state index in [0.29, 0.717) is 12.8 Å². The number of aliphatic hydroxyl groups excluding tert-OH is 1. The van der Waals surface area contributed by atoms with Crippen molar-refractivity contribution >= 4 is 11.9 Å². The van der Waals surface area contributed by atoms with Gasteiger partial charge in [-0.2, -0.15) is 0 Å². The first-order chi connectivity index (χ1) is 32.6. The molecule has 0 fully saturated rings. The van der Waals surface area contributed by atoms with E-state index in [4.69, 9.17) is 9.47 Å². The largest absolute Gasteiger partial charge is 0.462 e. The molecule has 0 saturated carbocycles. The summed E-state index contributed by atoms with van der Waals surface area (Å²) in [6.07, 6.45) is 80.5. The van der Waals surface area contributed by atoms with E-state index in [1.807, 2.05) is 0 Å². The Morgan fingerprint density at radius 2 is 0.652 bits per heavy atom. The molecule has 0 rings (SSSR count). The third kappa shape index (κ3) is 53.2. The topological polar surface area (TPSA) is 72.8 Å². The smallest absolute Gasteiger partial charge is 0.306 e. The molecule has 0 spiro atoms. The minimum atomic E-state index is -0.796. The molecule has 376 valence electrons. The number of ether oxygens (including phenoxy) is 2. The molecule has 0 saturated heterocycles. The number of carbonyl (C=O) groups is 2. The number of aliphatic hydroxyl groups is 1. The summed E-state index contributed by atoms with van der Waals surface area (Å²) < 4.78 is 10.7. The first-order valence-corrected chi connectivity index (χ1v) is 27.4. The SMILES string of the molecule is CC/C=C\C/C=C\C/C=C\C/C=C\C/C=C\C/C=C\C/C=C\C/C=C\C/C=C\CCCCCC(=O)OC(CO)COC(=O)CCCCCCCCCCCCCCCCCCCCCCC. The maximum Gasteiger partial charge on any atom is 0.306 e. The van der Waals surface area contributed by atoms with Crippen molar-refractivity contribution < 1.29 is 24.2 Å². The summed E-state index contributed by atoms with van der Waals surface area (Å²) >= 11 is 0. The normalized spacial score (nSPS) is 13.1. The van der Waals surface area contributed by atoms with Gasteiger partial charge in [0.15, 0.2) is 6.10 Å². The number of esters is 2. The number of carbonyl (C=O) groups excluding carboxylic acids is 2. The van der Waals surface area contributed by atoms with Crippen LogP contribution in [0.1, 0.15) is 245 Å². The van der Waals surface area contributed by atoms with E-state index in [-0.39, 0.29) is 25.2 Å². The molecular formula is C61H102O5. The van der Waals surface area contributed by atoms with Crippen molar-refractivity contribution in [3.05, 3.63) is 109 Å². The fourth-order valence-electron chi connectivity index (χ4n) is 7.49. The molecule has 0 aromatic carbocycles. The van der Waals surface area contributed by atoms with Gasteiger partial charge in [-0.25, -0.2) is 0 Å². The summed E-state index contributed by atoms with van der Waals surface area (Å²) in [7, 11) is 0. The monoisotopic (exact) mass is 915 g/mol. The lowest BCUT2D eigenvalue weighted by Crippen LogP contribution is -2.28. The lowest BCUT2D eigenvalue weighted by Gasteiger charge is -2.15. The lowest BCUT2D eigenvalue weighted by molar-refractivity contribution is -0.161. The van der Waals surface area contributed by atoms with Gasteiger partial charge in [-0.15, -0.1) is 0 Å². The van der Waals surface area contributed by atoms with Crippen molar-refractivity contribution in [3.8, 4) is 0 Å². The van der Waals surface area contributed by atoms with E-state index in [0.717, 1.165) is 103 Å². The second-order valence-corrected chi connectivity index (χ2v) is 17.9. The number of hydrogen-bond donors (Lipinski definition) is 1. The van der Waals surface area contributed by atoms with E-state index in [1.54, 1.807) is 0 Å². The van der Waals surface area contributed by atoms with Crippen LogP contribution in [-0.2, 0) is 19.1 Å². The molecule has 0 aromatic heterocycles. The van der Waals surface area contributed by atoms with Crippen molar-refractivity contribution in [2.75, 3.05) is 13.2 Å². The summed E-state index contributed by atoms with van der Waals surface area (Å²) in [5.74, 6) is -0.628. The molecule has 0 aliphatic heterocycles. The van der Waals surface area contributed by atoms with E-state index in [1.165, 1.54) is 116 Å². The minimum Gasteiger partial charge on any atom is -0.462 e. The fraction of sp³-hybridized carbons (Fsp3) is 0.672. The van der Waals surface area contributed by atoms with Gasteiger partial charge in [0, 0.05) is 12.8 Å². The Morgan fingerprint density at radius 3 is 0.985 bits per heavy atom. The molecule has 0 heterocycles. The Kier molecular flexibility index (Phi) is 53.0. The predicted octanol–water partition coefficient (Wildman–Crippen LogP) is 18.5. The Balaban J connectivity index is 3.63. The average molecular weight is 915 g/mol. The highest BCUT2D eigenvalue weighted by Gasteiger charge is 2.16.